The second-order valence-corrected chi connectivity index (χ2v) is 7.22. The van der Waals surface area contributed by atoms with Crippen molar-refractivity contribution in [2.75, 3.05) is 0 Å². The van der Waals surface area contributed by atoms with Gasteiger partial charge in [0, 0.05) is 38.6 Å². The average molecular weight is 374 g/mol. The summed E-state index contributed by atoms with van der Waals surface area (Å²) in [6.45, 7) is 0. The predicted octanol–water partition coefficient (Wildman–Crippen LogP) is 6.03. The second kappa shape index (κ2) is 5.76. The molecule has 1 heterocycles. The number of hydrogen-bond donors (Lipinski definition) is 0. The van der Waals surface area contributed by atoms with Crippen LogP contribution in [0.25, 0.3) is 33.1 Å². The van der Waals surface area contributed by atoms with Crippen LogP contribution < -0.4 is 0 Å². The normalized spacial score (nSPS) is 13.0. The summed E-state index contributed by atoms with van der Waals surface area (Å²) in [5.74, 6) is -0.258. The molecular weight excluding hydrogens is 360 g/mol. The van der Waals surface area contributed by atoms with Gasteiger partial charge in [0.1, 0.15) is 11.2 Å². The van der Waals surface area contributed by atoms with Gasteiger partial charge in [0.2, 0.25) is 0 Å². The van der Waals surface area contributed by atoms with Gasteiger partial charge < -0.3 is 4.42 Å². The Morgan fingerprint density at radius 3 is 2.03 bits per heavy atom. The van der Waals surface area contributed by atoms with Crippen molar-refractivity contribution in [3.05, 3.63) is 107 Å². The summed E-state index contributed by atoms with van der Waals surface area (Å²) in [5.41, 5.74) is 4.87. The Labute approximate surface area is 166 Å². The molecule has 0 N–H and O–H groups in total. The maximum absolute atomic E-state index is 13.5. The van der Waals surface area contributed by atoms with Gasteiger partial charge in [-0.15, -0.1) is 0 Å². The molecule has 1 aromatic heterocycles. The third-order valence-electron chi connectivity index (χ3n) is 5.62. The number of carbonyl (C=O) groups excluding carboxylic acids is 2. The van der Waals surface area contributed by atoms with E-state index in [9.17, 15) is 9.59 Å². The predicted molar refractivity (Wildman–Crippen MR) is 112 cm³/mol. The van der Waals surface area contributed by atoms with Crippen molar-refractivity contribution in [1.29, 1.82) is 0 Å². The van der Waals surface area contributed by atoms with Crippen LogP contribution >= 0.6 is 0 Å². The summed E-state index contributed by atoms with van der Waals surface area (Å²) >= 11 is 0. The van der Waals surface area contributed by atoms with Crippen LogP contribution in [0.4, 0.5) is 0 Å². The van der Waals surface area contributed by atoms with Crippen molar-refractivity contribution in [2.45, 2.75) is 0 Å². The fourth-order valence-corrected chi connectivity index (χ4v) is 4.31. The molecule has 0 amide bonds. The molecule has 0 radical (unpaired) electrons. The second-order valence-electron chi connectivity index (χ2n) is 7.22. The van der Waals surface area contributed by atoms with Gasteiger partial charge in [0.05, 0.1) is 0 Å². The van der Waals surface area contributed by atoms with E-state index in [0.29, 0.717) is 38.8 Å². The highest BCUT2D eigenvalue weighted by Crippen LogP contribution is 2.42. The molecule has 29 heavy (non-hydrogen) atoms. The van der Waals surface area contributed by atoms with Crippen molar-refractivity contribution < 1.29 is 14.0 Å². The van der Waals surface area contributed by atoms with Gasteiger partial charge in [0.15, 0.2) is 11.6 Å². The van der Waals surface area contributed by atoms with Crippen molar-refractivity contribution in [3.8, 4) is 11.1 Å². The lowest BCUT2D eigenvalue weighted by atomic mass is 9.80. The maximum Gasteiger partial charge on any atom is 0.195 e. The molecule has 0 bridgehead atoms. The minimum Gasteiger partial charge on any atom is -0.455 e. The quantitative estimate of drug-likeness (QED) is 0.353. The van der Waals surface area contributed by atoms with E-state index < -0.39 is 0 Å². The van der Waals surface area contributed by atoms with Crippen LogP contribution in [0.1, 0.15) is 31.8 Å². The standard InChI is InChI=1S/C26H14O3/c27-24-16-10-4-5-11-17(16)25(28)22-20(24)14-19(15-8-2-1-3-9-15)26-23(22)18-12-6-7-13-21(18)29-26/h1-14H. The summed E-state index contributed by atoms with van der Waals surface area (Å²) < 4.78 is 6.21. The van der Waals surface area contributed by atoms with Crippen LogP contribution in [0, 0.1) is 0 Å². The number of ketones is 2. The van der Waals surface area contributed by atoms with Crippen molar-refractivity contribution in [1.82, 2.24) is 0 Å². The molecule has 0 unspecified atom stereocenters. The highest BCUT2D eigenvalue weighted by Gasteiger charge is 2.33. The molecule has 1 aliphatic rings. The molecule has 0 spiro atoms. The first-order valence-electron chi connectivity index (χ1n) is 9.46. The maximum atomic E-state index is 13.5. The number of fused-ring (bicyclic) bond motifs is 6. The zero-order valence-corrected chi connectivity index (χ0v) is 15.3. The molecule has 0 aliphatic heterocycles. The molecule has 6 rings (SSSR count). The number of carbonyl (C=O) groups is 2. The molecular formula is C26H14O3. The lowest BCUT2D eigenvalue weighted by molar-refractivity contribution is 0.0980. The van der Waals surface area contributed by atoms with Crippen molar-refractivity contribution in [2.24, 2.45) is 0 Å². The van der Waals surface area contributed by atoms with Gasteiger partial charge in [0.25, 0.3) is 0 Å². The first-order chi connectivity index (χ1) is 14.2. The van der Waals surface area contributed by atoms with Gasteiger partial charge >= 0.3 is 0 Å². The van der Waals surface area contributed by atoms with E-state index in [-0.39, 0.29) is 11.6 Å². The fraction of sp³-hybridized carbons (Fsp3) is 0. The Balaban J connectivity index is 1.82. The number of hydrogen-bond acceptors (Lipinski definition) is 3. The van der Waals surface area contributed by atoms with Crippen LogP contribution in [0.3, 0.4) is 0 Å². The molecule has 0 saturated heterocycles. The van der Waals surface area contributed by atoms with Gasteiger partial charge in [-0.3, -0.25) is 9.59 Å². The highest BCUT2D eigenvalue weighted by atomic mass is 16.3. The highest BCUT2D eigenvalue weighted by molar-refractivity contribution is 6.35. The lowest BCUT2D eigenvalue weighted by Gasteiger charge is -2.19. The van der Waals surface area contributed by atoms with E-state index in [0.717, 1.165) is 16.5 Å². The molecule has 0 saturated carbocycles. The molecule has 4 aromatic carbocycles. The smallest absolute Gasteiger partial charge is 0.195 e. The topological polar surface area (TPSA) is 47.3 Å². The molecule has 3 heteroatoms. The summed E-state index contributed by atoms with van der Waals surface area (Å²) in [6, 6.07) is 26.3. The van der Waals surface area contributed by atoms with Crippen molar-refractivity contribution in [3.63, 3.8) is 0 Å². The number of rotatable bonds is 1. The van der Waals surface area contributed by atoms with Gasteiger partial charge in [-0.25, -0.2) is 0 Å². The molecule has 3 nitrogen and oxygen atoms in total. The largest absolute Gasteiger partial charge is 0.455 e. The summed E-state index contributed by atoms with van der Waals surface area (Å²) in [5, 5.41) is 1.56. The van der Waals surface area contributed by atoms with E-state index in [1.807, 2.05) is 60.7 Å². The van der Waals surface area contributed by atoms with Gasteiger partial charge in [-0.05, 0) is 17.7 Å². The van der Waals surface area contributed by atoms with E-state index >= 15 is 0 Å². The Morgan fingerprint density at radius 2 is 1.24 bits per heavy atom. The number of furan rings is 1. The first-order valence-corrected chi connectivity index (χ1v) is 9.46. The zero-order chi connectivity index (χ0) is 19.5. The Bertz CT molecular complexity index is 1470. The first kappa shape index (κ1) is 16.0. The Morgan fingerprint density at radius 1 is 0.586 bits per heavy atom. The number of benzene rings is 4. The summed E-state index contributed by atoms with van der Waals surface area (Å²) in [7, 11) is 0. The van der Waals surface area contributed by atoms with E-state index in [1.54, 1.807) is 24.3 Å². The number of para-hydroxylation sites is 1. The minimum atomic E-state index is -0.133. The zero-order valence-electron chi connectivity index (χ0n) is 15.3. The fourth-order valence-electron chi connectivity index (χ4n) is 4.31. The summed E-state index contributed by atoms with van der Waals surface area (Å²) in [4.78, 5) is 26.8. The van der Waals surface area contributed by atoms with Crippen LogP contribution in [0.5, 0.6) is 0 Å². The van der Waals surface area contributed by atoms with E-state index in [4.69, 9.17) is 4.42 Å². The van der Waals surface area contributed by atoms with Crippen LogP contribution in [0.15, 0.2) is 89.3 Å². The van der Waals surface area contributed by atoms with E-state index in [1.165, 1.54) is 0 Å². The molecule has 0 fully saturated rings. The van der Waals surface area contributed by atoms with Crippen molar-refractivity contribution >= 4 is 33.5 Å². The molecule has 1 aliphatic carbocycles. The molecule has 136 valence electrons. The Kier molecular flexibility index (Phi) is 3.18. The SMILES string of the molecule is O=C1c2ccccc2C(=O)c2c1cc(-c1ccccc1)c1oc3ccccc3c21. The van der Waals surface area contributed by atoms with E-state index in [2.05, 4.69) is 0 Å². The van der Waals surface area contributed by atoms with Crippen LogP contribution in [0.2, 0.25) is 0 Å². The van der Waals surface area contributed by atoms with Crippen LogP contribution in [-0.4, -0.2) is 11.6 Å². The Hall–Kier alpha value is -3.98. The van der Waals surface area contributed by atoms with Crippen LogP contribution in [-0.2, 0) is 0 Å². The average Bonchev–Trinajstić information content (AvgIpc) is 3.17. The molecule has 0 atom stereocenters. The lowest BCUT2D eigenvalue weighted by Crippen LogP contribution is -2.21. The van der Waals surface area contributed by atoms with Gasteiger partial charge in [-0.1, -0.05) is 72.8 Å². The summed E-state index contributed by atoms with van der Waals surface area (Å²) in [6.07, 6.45) is 0. The molecule has 5 aromatic rings. The third kappa shape index (κ3) is 2.13. The monoisotopic (exact) mass is 374 g/mol. The third-order valence-corrected chi connectivity index (χ3v) is 5.62. The minimum absolute atomic E-state index is 0.125. The van der Waals surface area contributed by atoms with Gasteiger partial charge in [-0.2, -0.15) is 0 Å².